The van der Waals surface area contributed by atoms with Gasteiger partial charge in [0, 0.05) is 50.6 Å². The van der Waals surface area contributed by atoms with Crippen molar-refractivity contribution in [2.75, 3.05) is 37.4 Å². The molecule has 27 heavy (non-hydrogen) atoms. The number of rotatable bonds is 9. The van der Waals surface area contributed by atoms with Crippen molar-refractivity contribution in [3.05, 3.63) is 35.3 Å². The predicted molar refractivity (Wildman–Crippen MR) is 115 cm³/mol. The molecule has 0 atom stereocenters. The van der Waals surface area contributed by atoms with Crippen LogP contribution in [0.3, 0.4) is 0 Å². The molecule has 148 valence electrons. The molecule has 1 aromatic heterocycles. The van der Waals surface area contributed by atoms with E-state index in [4.69, 9.17) is 0 Å². The van der Waals surface area contributed by atoms with E-state index in [0.29, 0.717) is 28.6 Å². The highest BCUT2D eigenvalue weighted by atomic mass is 32.1. The number of carbonyl (C=O) groups excluding carboxylic acids is 1. The minimum Gasteiger partial charge on any atom is -0.378 e. The van der Waals surface area contributed by atoms with Gasteiger partial charge in [0.25, 0.3) is 5.91 Å². The molecule has 6 nitrogen and oxygen atoms in total. The Morgan fingerprint density at radius 3 is 2.52 bits per heavy atom. The summed E-state index contributed by atoms with van der Waals surface area (Å²) in [6, 6.07) is 8.99. The van der Waals surface area contributed by atoms with Gasteiger partial charge in [0.05, 0.1) is 6.20 Å². The Kier molecular flexibility index (Phi) is 7.62. The van der Waals surface area contributed by atoms with Crippen molar-refractivity contribution in [3.8, 4) is 0 Å². The van der Waals surface area contributed by atoms with Crippen LogP contribution in [0.2, 0.25) is 0 Å². The van der Waals surface area contributed by atoms with E-state index in [1.54, 1.807) is 6.20 Å². The minimum absolute atomic E-state index is 0.0740. The van der Waals surface area contributed by atoms with Crippen LogP contribution in [0.5, 0.6) is 0 Å². The van der Waals surface area contributed by atoms with E-state index in [1.165, 1.54) is 11.3 Å². The van der Waals surface area contributed by atoms with Crippen LogP contribution >= 0.6 is 11.3 Å². The van der Waals surface area contributed by atoms with Gasteiger partial charge in [0.2, 0.25) is 0 Å². The van der Waals surface area contributed by atoms with Crippen molar-refractivity contribution >= 4 is 33.8 Å². The SMILES string of the molecule is CC(C)N(CCNC(=O)c1cnc(Nc2cccc(N(C)C)c2)s1)C(C)C. The fraction of sp³-hybridized carbons (Fsp3) is 0.500. The van der Waals surface area contributed by atoms with Crippen molar-refractivity contribution in [2.45, 2.75) is 39.8 Å². The molecule has 2 N–H and O–H groups in total. The molecule has 1 heterocycles. The van der Waals surface area contributed by atoms with Gasteiger partial charge in [-0.05, 0) is 45.9 Å². The molecule has 0 bridgehead atoms. The molecule has 0 radical (unpaired) electrons. The van der Waals surface area contributed by atoms with Gasteiger partial charge < -0.3 is 15.5 Å². The zero-order valence-corrected chi connectivity index (χ0v) is 17.9. The normalized spacial score (nSPS) is 11.3. The number of aromatic nitrogens is 1. The first-order valence-electron chi connectivity index (χ1n) is 9.32. The molecule has 1 aromatic carbocycles. The molecule has 0 saturated heterocycles. The number of hydrogen-bond acceptors (Lipinski definition) is 6. The van der Waals surface area contributed by atoms with Gasteiger partial charge in [0.1, 0.15) is 4.88 Å². The zero-order chi connectivity index (χ0) is 20.0. The smallest absolute Gasteiger partial charge is 0.263 e. The fourth-order valence-corrected chi connectivity index (χ4v) is 3.67. The van der Waals surface area contributed by atoms with Crippen molar-refractivity contribution < 1.29 is 4.79 Å². The van der Waals surface area contributed by atoms with Gasteiger partial charge in [-0.2, -0.15) is 0 Å². The number of benzene rings is 1. The molecule has 0 unspecified atom stereocenters. The van der Waals surface area contributed by atoms with Crippen molar-refractivity contribution in [2.24, 2.45) is 0 Å². The molecule has 1 amide bonds. The number of carbonyl (C=O) groups is 1. The first-order chi connectivity index (χ1) is 12.8. The summed E-state index contributed by atoms with van der Waals surface area (Å²) in [5.41, 5.74) is 2.06. The number of nitrogens with one attached hydrogen (secondary N) is 2. The van der Waals surface area contributed by atoms with Crippen LogP contribution in [0.15, 0.2) is 30.5 Å². The molecule has 7 heteroatoms. The van der Waals surface area contributed by atoms with E-state index in [-0.39, 0.29) is 5.91 Å². The number of anilines is 3. The highest BCUT2D eigenvalue weighted by molar-refractivity contribution is 7.17. The average molecular weight is 390 g/mol. The second-order valence-electron chi connectivity index (χ2n) is 7.28. The Hall–Kier alpha value is -2.12. The lowest BCUT2D eigenvalue weighted by Crippen LogP contribution is -2.42. The molecule has 2 rings (SSSR count). The number of nitrogens with zero attached hydrogens (tertiary/aromatic N) is 3. The Labute approximate surface area is 166 Å². The lowest BCUT2D eigenvalue weighted by atomic mass is 10.2. The second-order valence-corrected chi connectivity index (χ2v) is 8.31. The molecule has 0 aliphatic carbocycles. The molecule has 0 saturated carbocycles. The molecular formula is C20H31N5OS. The van der Waals surface area contributed by atoms with Crippen molar-refractivity contribution in [1.29, 1.82) is 0 Å². The first-order valence-corrected chi connectivity index (χ1v) is 10.1. The molecule has 0 fully saturated rings. The molecule has 0 aliphatic heterocycles. The summed E-state index contributed by atoms with van der Waals surface area (Å²) in [4.78, 5) is 21.7. The largest absolute Gasteiger partial charge is 0.378 e. The topological polar surface area (TPSA) is 60.5 Å². The Bertz CT molecular complexity index is 733. The van der Waals surface area contributed by atoms with Crippen LogP contribution < -0.4 is 15.5 Å². The third kappa shape index (κ3) is 6.22. The summed E-state index contributed by atoms with van der Waals surface area (Å²) >= 11 is 1.36. The van der Waals surface area contributed by atoms with Gasteiger partial charge in [-0.3, -0.25) is 9.69 Å². The Morgan fingerprint density at radius 1 is 1.19 bits per heavy atom. The summed E-state index contributed by atoms with van der Waals surface area (Å²) in [5, 5.41) is 6.98. The molecule has 0 spiro atoms. The van der Waals surface area contributed by atoms with Crippen LogP contribution in [-0.2, 0) is 0 Å². The van der Waals surface area contributed by atoms with E-state index in [1.807, 2.05) is 43.3 Å². The number of amides is 1. The van der Waals surface area contributed by atoms with Crippen LogP contribution in [-0.4, -0.2) is 55.1 Å². The highest BCUT2D eigenvalue weighted by Crippen LogP contribution is 2.25. The molecule has 0 aliphatic rings. The maximum absolute atomic E-state index is 12.4. The maximum Gasteiger partial charge on any atom is 0.263 e. The minimum atomic E-state index is -0.0740. The Balaban J connectivity index is 1.91. The highest BCUT2D eigenvalue weighted by Gasteiger charge is 2.15. The summed E-state index contributed by atoms with van der Waals surface area (Å²) < 4.78 is 0. The third-order valence-electron chi connectivity index (χ3n) is 4.33. The Morgan fingerprint density at radius 2 is 1.89 bits per heavy atom. The van der Waals surface area contributed by atoms with Crippen LogP contribution in [0, 0.1) is 0 Å². The van der Waals surface area contributed by atoms with E-state index in [0.717, 1.165) is 17.9 Å². The maximum atomic E-state index is 12.4. The van der Waals surface area contributed by atoms with Crippen LogP contribution in [0.4, 0.5) is 16.5 Å². The van der Waals surface area contributed by atoms with Gasteiger partial charge in [-0.1, -0.05) is 17.4 Å². The van der Waals surface area contributed by atoms with E-state index in [2.05, 4.69) is 48.2 Å². The van der Waals surface area contributed by atoms with Gasteiger partial charge in [0.15, 0.2) is 5.13 Å². The summed E-state index contributed by atoms with van der Waals surface area (Å²) in [7, 11) is 4.01. The second kappa shape index (κ2) is 9.71. The summed E-state index contributed by atoms with van der Waals surface area (Å²) in [6.07, 6.45) is 1.63. The third-order valence-corrected chi connectivity index (χ3v) is 5.24. The van der Waals surface area contributed by atoms with Gasteiger partial charge >= 0.3 is 0 Å². The van der Waals surface area contributed by atoms with Gasteiger partial charge in [-0.15, -0.1) is 0 Å². The number of hydrogen-bond donors (Lipinski definition) is 2. The lowest BCUT2D eigenvalue weighted by Gasteiger charge is -2.30. The quantitative estimate of drug-likeness (QED) is 0.683. The van der Waals surface area contributed by atoms with Crippen molar-refractivity contribution in [3.63, 3.8) is 0 Å². The monoisotopic (exact) mass is 389 g/mol. The summed E-state index contributed by atoms with van der Waals surface area (Å²) in [5.74, 6) is -0.0740. The lowest BCUT2D eigenvalue weighted by molar-refractivity contribution is 0.0943. The van der Waals surface area contributed by atoms with Crippen molar-refractivity contribution in [1.82, 2.24) is 15.2 Å². The molecule has 2 aromatic rings. The summed E-state index contributed by atoms with van der Waals surface area (Å²) in [6.45, 7) is 10.2. The number of thiazole rings is 1. The van der Waals surface area contributed by atoms with E-state index in [9.17, 15) is 4.79 Å². The molecular weight excluding hydrogens is 358 g/mol. The average Bonchev–Trinajstić information content (AvgIpc) is 3.06. The van der Waals surface area contributed by atoms with Crippen LogP contribution in [0.25, 0.3) is 0 Å². The van der Waals surface area contributed by atoms with Crippen LogP contribution in [0.1, 0.15) is 37.4 Å². The standard InChI is InChI=1S/C20H31N5OS/c1-14(2)25(15(3)4)11-10-21-19(26)18-13-22-20(27-18)23-16-8-7-9-17(12-16)24(5)6/h7-9,12-15H,10-11H2,1-6H3,(H,21,26)(H,22,23). The first kappa shape index (κ1) is 21.2. The van der Waals surface area contributed by atoms with Gasteiger partial charge in [-0.25, -0.2) is 4.98 Å². The fourth-order valence-electron chi connectivity index (χ4n) is 2.92. The van der Waals surface area contributed by atoms with E-state index >= 15 is 0 Å². The van der Waals surface area contributed by atoms with E-state index < -0.39 is 0 Å². The zero-order valence-electron chi connectivity index (χ0n) is 17.1. The predicted octanol–water partition coefficient (Wildman–Crippen LogP) is 3.80.